The van der Waals surface area contributed by atoms with Crippen LogP contribution in [0.4, 0.5) is 5.82 Å². The van der Waals surface area contributed by atoms with Crippen LogP contribution in [0.15, 0.2) is 29.3 Å². The maximum absolute atomic E-state index is 13.1. The van der Waals surface area contributed by atoms with Crippen molar-refractivity contribution < 1.29 is 0 Å². The number of H-pyrrole nitrogens is 1. The summed E-state index contributed by atoms with van der Waals surface area (Å²) in [6.45, 7) is 4.80. The first-order valence-corrected chi connectivity index (χ1v) is 8.64. The zero-order valence-electron chi connectivity index (χ0n) is 13.1. The molecule has 2 aromatic rings. The highest BCUT2D eigenvalue weighted by atomic mass is 32.2. The molecule has 0 saturated carbocycles. The number of benzene rings is 1. The number of imidazole rings is 1. The number of quaternary nitrogens is 1. The van der Waals surface area contributed by atoms with Gasteiger partial charge in [-0.25, -0.2) is 9.98 Å². The van der Waals surface area contributed by atoms with E-state index in [4.69, 9.17) is 0 Å². The van der Waals surface area contributed by atoms with E-state index >= 15 is 0 Å². The highest BCUT2D eigenvalue weighted by molar-refractivity contribution is 8.13. The number of hydrogen-bond donors (Lipinski definition) is 1. The van der Waals surface area contributed by atoms with E-state index in [1.165, 1.54) is 17.3 Å². The molecule has 1 unspecified atom stereocenters. The van der Waals surface area contributed by atoms with Crippen molar-refractivity contribution in [3.63, 3.8) is 0 Å². The Hall–Kier alpha value is -1.63. The van der Waals surface area contributed by atoms with E-state index in [9.17, 15) is 5.21 Å². The van der Waals surface area contributed by atoms with Crippen LogP contribution in [-0.2, 0) is 0 Å². The lowest BCUT2D eigenvalue weighted by Crippen LogP contribution is -2.47. The third-order valence-corrected chi connectivity index (χ3v) is 4.55. The first-order chi connectivity index (χ1) is 10.6. The summed E-state index contributed by atoms with van der Waals surface area (Å²) < 4.78 is -0.450. The predicted molar refractivity (Wildman–Crippen MR) is 94.0 cm³/mol. The average Bonchev–Trinajstić information content (AvgIpc) is 2.95. The number of aromatic nitrogens is 2. The van der Waals surface area contributed by atoms with Gasteiger partial charge in [0.15, 0.2) is 12.4 Å². The lowest BCUT2D eigenvalue weighted by atomic mass is 10.1. The summed E-state index contributed by atoms with van der Waals surface area (Å²) in [6, 6.07) is 8.14. The Labute approximate surface area is 134 Å². The lowest BCUT2D eigenvalue weighted by molar-refractivity contribution is 0.369. The van der Waals surface area contributed by atoms with Crippen LogP contribution in [0.5, 0.6) is 0 Å². The van der Waals surface area contributed by atoms with Crippen LogP contribution in [0.1, 0.15) is 24.6 Å². The summed E-state index contributed by atoms with van der Waals surface area (Å²) in [5.41, 5.74) is 2.90. The molecule has 0 radical (unpaired) electrons. The van der Waals surface area contributed by atoms with Gasteiger partial charge in [0.05, 0.1) is 6.54 Å². The van der Waals surface area contributed by atoms with Crippen LogP contribution in [0, 0.1) is 12.1 Å². The van der Waals surface area contributed by atoms with E-state index in [0.717, 1.165) is 22.9 Å². The minimum atomic E-state index is -0.450. The Morgan fingerprint density at radius 1 is 1.32 bits per heavy atom. The van der Waals surface area contributed by atoms with E-state index in [0.29, 0.717) is 18.1 Å². The Morgan fingerprint density at radius 3 is 2.68 bits per heavy atom. The molecule has 0 amide bonds. The second-order valence-corrected chi connectivity index (χ2v) is 6.37. The van der Waals surface area contributed by atoms with Gasteiger partial charge in [0.2, 0.25) is 5.82 Å². The molecule has 1 atom stereocenters. The van der Waals surface area contributed by atoms with Gasteiger partial charge in [-0.15, -0.1) is 11.8 Å². The molecule has 1 aromatic heterocycles. The van der Waals surface area contributed by atoms with Crippen molar-refractivity contribution in [2.45, 2.75) is 20.3 Å². The van der Waals surface area contributed by atoms with Gasteiger partial charge in [0, 0.05) is 5.56 Å². The minimum absolute atomic E-state index is 0.229. The number of thioether (sulfide) groups is 1. The highest BCUT2D eigenvalue weighted by Gasteiger charge is 2.33. The number of rotatable bonds is 3. The highest BCUT2D eigenvalue weighted by Crippen LogP contribution is 2.34. The zero-order valence-corrected chi connectivity index (χ0v) is 13.9. The Morgan fingerprint density at radius 2 is 2.05 bits per heavy atom. The Balaban J connectivity index is 2.09. The number of hydrogen-bond acceptors (Lipinski definition) is 4. The molecule has 0 fully saturated rings. The molecule has 1 N–H and O–H groups in total. The van der Waals surface area contributed by atoms with Crippen molar-refractivity contribution in [1.82, 2.24) is 14.6 Å². The number of aliphatic imine (C=N–C) groups is 1. The number of nitrogens with zero attached hydrogens (tertiary/aromatic N) is 3. The largest absolute Gasteiger partial charge is 0.625 e. The van der Waals surface area contributed by atoms with E-state index in [2.05, 4.69) is 21.9 Å². The predicted octanol–water partition coefficient (Wildman–Crippen LogP) is 3.68. The zero-order chi connectivity index (χ0) is 15.7. The van der Waals surface area contributed by atoms with Crippen molar-refractivity contribution in [1.29, 1.82) is 0 Å². The van der Waals surface area contributed by atoms with Crippen LogP contribution < -0.4 is 4.65 Å². The fraction of sp³-hybridized carbons (Fsp3) is 0.375. The number of fused-ring (bicyclic) bond motifs is 1. The quantitative estimate of drug-likeness (QED) is 0.694. The summed E-state index contributed by atoms with van der Waals surface area (Å²) in [5, 5.41) is 13.9. The molecular weight excluding hydrogens is 296 g/mol. The van der Waals surface area contributed by atoms with Crippen molar-refractivity contribution in [2.75, 3.05) is 19.5 Å². The molecule has 1 aliphatic heterocycles. The molecule has 1 aromatic carbocycles. The van der Waals surface area contributed by atoms with E-state index in [1.807, 2.05) is 37.4 Å². The number of aryl methyl sites for hydroxylation is 1. The molecular formula is C16H20N4OS. The van der Waals surface area contributed by atoms with Gasteiger partial charge in [0.1, 0.15) is 10.9 Å². The summed E-state index contributed by atoms with van der Waals surface area (Å²) >= 11 is 1.54. The topological polar surface area (TPSA) is 64.1 Å². The smallest absolute Gasteiger partial charge is 0.237 e. The van der Waals surface area contributed by atoms with Gasteiger partial charge in [-0.3, -0.25) is 9.63 Å². The molecule has 22 heavy (non-hydrogen) atoms. The second-order valence-electron chi connectivity index (χ2n) is 5.57. The number of nitrogens with one attached hydrogen (secondary N) is 1. The maximum atomic E-state index is 13.1. The Bertz CT molecular complexity index is 707. The molecule has 0 bridgehead atoms. The minimum Gasteiger partial charge on any atom is -0.625 e. The number of aromatic amines is 1. The molecule has 2 heterocycles. The molecule has 5 nitrogen and oxygen atoms in total. The maximum Gasteiger partial charge on any atom is 0.237 e. The monoisotopic (exact) mass is 316 g/mol. The van der Waals surface area contributed by atoms with Gasteiger partial charge in [-0.2, -0.15) is 0 Å². The van der Waals surface area contributed by atoms with Crippen molar-refractivity contribution in [3.05, 3.63) is 40.7 Å². The van der Waals surface area contributed by atoms with Gasteiger partial charge in [-0.1, -0.05) is 36.8 Å². The van der Waals surface area contributed by atoms with Crippen LogP contribution in [-0.4, -0.2) is 34.5 Å². The lowest BCUT2D eigenvalue weighted by Gasteiger charge is -2.41. The standard InChI is InChI=1S/C16H20N4OS/c1-4-9-20(21)10-17-16(22-3)13-15(20)19-14(18-13)12-7-5-11(2)6-8-12/h5-8H,4,9-10H2,1-3H3,(H,18,19). The van der Waals surface area contributed by atoms with Crippen LogP contribution >= 0.6 is 11.8 Å². The first-order valence-electron chi connectivity index (χ1n) is 7.42. The normalized spacial score (nSPS) is 20.6. The summed E-state index contributed by atoms with van der Waals surface area (Å²) in [6.07, 6.45) is 2.78. The van der Waals surface area contributed by atoms with Crippen LogP contribution in [0.2, 0.25) is 0 Å². The third kappa shape index (κ3) is 2.58. The van der Waals surface area contributed by atoms with Gasteiger partial charge >= 0.3 is 0 Å². The van der Waals surface area contributed by atoms with Crippen molar-refractivity contribution >= 4 is 22.6 Å². The molecule has 1 aliphatic rings. The first kappa shape index (κ1) is 15.3. The van der Waals surface area contributed by atoms with Crippen molar-refractivity contribution in [2.24, 2.45) is 4.99 Å². The summed E-state index contributed by atoms with van der Waals surface area (Å²) in [4.78, 5) is 12.4. The fourth-order valence-electron chi connectivity index (χ4n) is 2.69. The molecule has 6 heteroatoms. The summed E-state index contributed by atoms with van der Waals surface area (Å²) in [7, 11) is 0. The Kier molecular flexibility index (Phi) is 4.08. The van der Waals surface area contributed by atoms with Crippen LogP contribution in [0.25, 0.3) is 11.4 Å². The van der Waals surface area contributed by atoms with E-state index in [1.54, 1.807) is 0 Å². The molecule has 0 spiro atoms. The second kappa shape index (κ2) is 5.87. The van der Waals surface area contributed by atoms with Gasteiger partial charge < -0.3 is 5.21 Å². The number of hydroxylamine groups is 2. The van der Waals surface area contributed by atoms with Gasteiger partial charge in [0.25, 0.3) is 0 Å². The SMILES string of the molecule is CCC[N+]1([O-])CN=C(SC)c2nc(-c3ccc(C)cc3)[nH]c21. The van der Waals surface area contributed by atoms with E-state index < -0.39 is 4.65 Å². The van der Waals surface area contributed by atoms with Crippen molar-refractivity contribution in [3.8, 4) is 11.4 Å². The third-order valence-electron chi connectivity index (χ3n) is 3.84. The molecule has 3 rings (SSSR count). The molecule has 0 aliphatic carbocycles. The van der Waals surface area contributed by atoms with Gasteiger partial charge in [-0.05, 0) is 19.6 Å². The van der Waals surface area contributed by atoms with E-state index in [-0.39, 0.29) is 6.67 Å². The molecule has 0 saturated heterocycles. The summed E-state index contributed by atoms with van der Waals surface area (Å²) in [5.74, 6) is 1.37. The fourth-order valence-corrected chi connectivity index (χ4v) is 3.21. The average molecular weight is 316 g/mol. The molecule has 116 valence electrons. The van der Waals surface area contributed by atoms with Crippen LogP contribution in [0.3, 0.4) is 0 Å².